The van der Waals surface area contributed by atoms with Crippen molar-refractivity contribution in [3.63, 3.8) is 0 Å². The third kappa shape index (κ3) is 1.44. The lowest BCUT2D eigenvalue weighted by Crippen LogP contribution is -2.43. The van der Waals surface area contributed by atoms with Gasteiger partial charge in [-0.25, -0.2) is 0 Å². The standard InChI is InChI=1S/C9H14O4/c1-12-9(11)8-6(10)4-5-2-3-7(8)13-5/h5-8,10H,2-4H2,1H3/t5?,6-,7?,8-/m1/s1. The summed E-state index contributed by atoms with van der Waals surface area (Å²) in [7, 11) is 1.34. The van der Waals surface area contributed by atoms with Gasteiger partial charge in [-0.15, -0.1) is 0 Å². The summed E-state index contributed by atoms with van der Waals surface area (Å²) in [5, 5.41) is 9.67. The number of hydrogen-bond donors (Lipinski definition) is 1. The summed E-state index contributed by atoms with van der Waals surface area (Å²) in [4.78, 5) is 11.3. The molecule has 0 aromatic carbocycles. The number of carbonyl (C=O) groups excluding carboxylic acids is 1. The lowest BCUT2D eigenvalue weighted by Gasteiger charge is -2.31. The van der Waals surface area contributed by atoms with Crippen LogP contribution in [0.1, 0.15) is 19.3 Å². The number of hydrogen-bond acceptors (Lipinski definition) is 4. The fourth-order valence-corrected chi connectivity index (χ4v) is 2.28. The number of esters is 1. The molecule has 0 amide bonds. The highest BCUT2D eigenvalue weighted by Crippen LogP contribution is 2.37. The molecule has 2 aliphatic rings. The molecule has 4 nitrogen and oxygen atoms in total. The Morgan fingerprint density at radius 3 is 3.00 bits per heavy atom. The zero-order valence-electron chi connectivity index (χ0n) is 7.60. The van der Waals surface area contributed by atoms with Gasteiger partial charge in [-0.2, -0.15) is 0 Å². The molecule has 4 heteroatoms. The minimum Gasteiger partial charge on any atom is -0.469 e. The summed E-state index contributed by atoms with van der Waals surface area (Å²) >= 11 is 0. The van der Waals surface area contributed by atoms with Gasteiger partial charge < -0.3 is 14.6 Å². The molecule has 2 rings (SSSR count). The number of carbonyl (C=O) groups is 1. The predicted molar refractivity (Wildman–Crippen MR) is 44.0 cm³/mol. The minimum absolute atomic E-state index is 0.124. The second kappa shape index (κ2) is 3.27. The van der Waals surface area contributed by atoms with Crippen LogP contribution in [0, 0.1) is 5.92 Å². The maximum Gasteiger partial charge on any atom is 0.313 e. The fraction of sp³-hybridized carbons (Fsp3) is 0.889. The number of fused-ring (bicyclic) bond motifs is 2. The van der Waals surface area contributed by atoms with Crippen molar-refractivity contribution in [2.75, 3.05) is 7.11 Å². The first-order valence-electron chi connectivity index (χ1n) is 4.63. The Morgan fingerprint density at radius 1 is 1.54 bits per heavy atom. The van der Waals surface area contributed by atoms with Crippen LogP contribution in [0.3, 0.4) is 0 Å². The SMILES string of the molecule is COC(=O)[C@H]1C2CCC(C[C@H]1O)O2. The molecule has 2 unspecified atom stereocenters. The van der Waals surface area contributed by atoms with Gasteiger partial charge in [0.05, 0.1) is 25.4 Å². The van der Waals surface area contributed by atoms with Crippen LogP contribution in [0.15, 0.2) is 0 Å². The van der Waals surface area contributed by atoms with Gasteiger partial charge in [0.15, 0.2) is 0 Å². The molecule has 2 saturated heterocycles. The molecule has 2 heterocycles. The normalized spacial score (nSPS) is 43.2. The second-order valence-corrected chi connectivity index (χ2v) is 3.73. The van der Waals surface area contributed by atoms with Gasteiger partial charge in [-0.05, 0) is 12.8 Å². The molecule has 0 aromatic rings. The quantitative estimate of drug-likeness (QED) is 0.589. The van der Waals surface area contributed by atoms with E-state index in [0.29, 0.717) is 6.42 Å². The van der Waals surface area contributed by atoms with Crippen molar-refractivity contribution in [3.05, 3.63) is 0 Å². The number of aliphatic hydroxyl groups is 1. The van der Waals surface area contributed by atoms with Gasteiger partial charge in [0.25, 0.3) is 0 Å². The van der Waals surface area contributed by atoms with E-state index < -0.39 is 12.0 Å². The molecule has 13 heavy (non-hydrogen) atoms. The van der Waals surface area contributed by atoms with Crippen LogP contribution in [0.2, 0.25) is 0 Å². The van der Waals surface area contributed by atoms with Crippen molar-refractivity contribution in [3.8, 4) is 0 Å². The molecule has 0 spiro atoms. The molecule has 1 N–H and O–H groups in total. The lowest BCUT2D eigenvalue weighted by molar-refractivity contribution is -0.166. The largest absolute Gasteiger partial charge is 0.469 e. The van der Waals surface area contributed by atoms with Gasteiger partial charge >= 0.3 is 5.97 Å². The third-order valence-electron chi connectivity index (χ3n) is 2.93. The molecule has 4 atom stereocenters. The third-order valence-corrected chi connectivity index (χ3v) is 2.93. The molecular weight excluding hydrogens is 172 g/mol. The van der Waals surface area contributed by atoms with Crippen LogP contribution in [0.5, 0.6) is 0 Å². The Labute approximate surface area is 76.8 Å². The average Bonchev–Trinajstić information content (AvgIpc) is 2.48. The van der Waals surface area contributed by atoms with Crippen molar-refractivity contribution in [1.82, 2.24) is 0 Å². The maximum absolute atomic E-state index is 11.3. The summed E-state index contributed by atoms with van der Waals surface area (Å²) in [5.74, 6) is -0.818. The number of aliphatic hydroxyl groups excluding tert-OH is 1. The molecule has 74 valence electrons. The van der Waals surface area contributed by atoms with E-state index in [-0.39, 0.29) is 18.2 Å². The van der Waals surface area contributed by atoms with Gasteiger partial charge in [-0.3, -0.25) is 4.79 Å². The first-order chi connectivity index (χ1) is 6.22. The predicted octanol–water partition coefficient (Wildman–Crippen LogP) is 0.0878. The Bertz CT molecular complexity index is 216. The van der Waals surface area contributed by atoms with E-state index in [4.69, 9.17) is 4.74 Å². The summed E-state index contributed by atoms with van der Waals surface area (Å²) in [5.41, 5.74) is 0. The zero-order chi connectivity index (χ0) is 9.42. The fourth-order valence-electron chi connectivity index (χ4n) is 2.28. The van der Waals surface area contributed by atoms with E-state index in [1.165, 1.54) is 7.11 Å². The van der Waals surface area contributed by atoms with Crippen LogP contribution in [0.4, 0.5) is 0 Å². The Balaban J connectivity index is 2.11. The van der Waals surface area contributed by atoms with Gasteiger partial charge in [-0.1, -0.05) is 0 Å². The molecule has 0 radical (unpaired) electrons. The second-order valence-electron chi connectivity index (χ2n) is 3.73. The van der Waals surface area contributed by atoms with E-state index in [1.807, 2.05) is 0 Å². The molecule has 2 aliphatic heterocycles. The highest BCUT2D eigenvalue weighted by Gasteiger charge is 2.46. The van der Waals surface area contributed by atoms with Crippen LogP contribution in [-0.2, 0) is 14.3 Å². The van der Waals surface area contributed by atoms with Crippen molar-refractivity contribution in [2.24, 2.45) is 5.92 Å². The van der Waals surface area contributed by atoms with Crippen LogP contribution < -0.4 is 0 Å². The molecule has 2 fully saturated rings. The summed E-state index contributed by atoms with van der Waals surface area (Å²) < 4.78 is 10.2. The molecular formula is C9H14O4. The summed E-state index contributed by atoms with van der Waals surface area (Å²) in [6, 6.07) is 0. The van der Waals surface area contributed by atoms with Crippen molar-refractivity contribution in [2.45, 2.75) is 37.6 Å². The average molecular weight is 186 g/mol. The highest BCUT2D eigenvalue weighted by atomic mass is 16.5. The summed E-state index contributed by atoms with van der Waals surface area (Å²) in [6.07, 6.45) is 1.83. The topological polar surface area (TPSA) is 55.8 Å². The van der Waals surface area contributed by atoms with Crippen LogP contribution in [0.25, 0.3) is 0 Å². The van der Waals surface area contributed by atoms with Crippen molar-refractivity contribution in [1.29, 1.82) is 0 Å². The van der Waals surface area contributed by atoms with Crippen molar-refractivity contribution >= 4 is 5.97 Å². The number of ether oxygens (including phenoxy) is 2. The van der Waals surface area contributed by atoms with E-state index >= 15 is 0 Å². The van der Waals surface area contributed by atoms with E-state index in [1.54, 1.807) is 0 Å². The first-order valence-corrected chi connectivity index (χ1v) is 4.63. The van der Waals surface area contributed by atoms with E-state index in [9.17, 15) is 9.90 Å². The zero-order valence-corrected chi connectivity index (χ0v) is 7.60. The smallest absolute Gasteiger partial charge is 0.313 e. The Hall–Kier alpha value is -0.610. The number of methoxy groups -OCH3 is 1. The lowest BCUT2D eigenvalue weighted by atomic mass is 9.92. The monoisotopic (exact) mass is 186 g/mol. The van der Waals surface area contributed by atoms with Crippen LogP contribution in [-0.4, -0.2) is 36.5 Å². The minimum atomic E-state index is -0.585. The molecule has 0 saturated carbocycles. The van der Waals surface area contributed by atoms with Gasteiger partial charge in [0.2, 0.25) is 0 Å². The molecule has 0 aliphatic carbocycles. The molecule has 0 aromatic heterocycles. The number of rotatable bonds is 1. The highest BCUT2D eigenvalue weighted by molar-refractivity contribution is 5.74. The Kier molecular flexibility index (Phi) is 2.26. The van der Waals surface area contributed by atoms with E-state index in [2.05, 4.69) is 4.74 Å². The summed E-state index contributed by atoms with van der Waals surface area (Å²) in [6.45, 7) is 0. The molecule has 2 bridgehead atoms. The van der Waals surface area contributed by atoms with Crippen LogP contribution >= 0.6 is 0 Å². The van der Waals surface area contributed by atoms with Crippen molar-refractivity contribution < 1.29 is 19.4 Å². The Morgan fingerprint density at radius 2 is 2.31 bits per heavy atom. The van der Waals surface area contributed by atoms with Gasteiger partial charge in [0.1, 0.15) is 5.92 Å². The first kappa shape index (κ1) is 8.97. The van der Waals surface area contributed by atoms with E-state index in [0.717, 1.165) is 12.8 Å². The maximum atomic E-state index is 11.3. The van der Waals surface area contributed by atoms with Gasteiger partial charge in [0, 0.05) is 6.42 Å².